The SMILES string of the molecule is CCc1cnc(C(C)Nc2nccnc2C(N)=S)s1. The molecule has 0 saturated heterocycles. The molecule has 0 saturated carbocycles. The third kappa shape index (κ3) is 3.24. The second-order valence-corrected chi connectivity index (χ2v) is 5.59. The van der Waals surface area contributed by atoms with Gasteiger partial charge in [0.15, 0.2) is 5.82 Å². The molecular formula is C12H15N5S2. The highest BCUT2D eigenvalue weighted by molar-refractivity contribution is 7.80. The van der Waals surface area contributed by atoms with Crippen LogP contribution >= 0.6 is 23.6 Å². The minimum absolute atomic E-state index is 0.0371. The molecule has 19 heavy (non-hydrogen) atoms. The lowest BCUT2D eigenvalue weighted by Gasteiger charge is -2.13. The zero-order chi connectivity index (χ0) is 13.8. The van der Waals surface area contributed by atoms with Gasteiger partial charge in [-0.1, -0.05) is 19.1 Å². The Morgan fingerprint density at radius 1 is 1.42 bits per heavy atom. The van der Waals surface area contributed by atoms with Crippen LogP contribution in [0.25, 0.3) is 0 Å². The highest BCUT2D eigenvalue weighted by Gasteiger charge is 2.14. The van der Waals surface area contributed by atoms with E-state index in [4.69, 9.17) is 18.0 Å². The molecule has 2 rings (SSSR count). The first-order valence-corrected chi connectivity index (χ1v) is 7.16. The number of thiazole rings is 1. The van der Waals surface area contributed by atoms with Gasteiger partial charge in [-0.2, -0.15) is 0 Å². The van der Waals surface area contributed by atoms with Gasteiger partial charge in [-0.25, -0.2) is 15.0 Å². The van der Waals surface area contributed by atoms with E-state index in [-0.39, 0.29) is 11.0 Å². The van der Waals surface area contributed by atoms with Crippen LogP contribution in [0.15, 0.2) is 18.6 Å². The monoisotopic (exact) mass is 293 g/mol. The van der Waals surface area contributed by atoms with Gasteiger partial charge in [-0.3, -0.25) is 0 Å². The minimum Gasteiger partial charge on any atom is -0.388 e. The normalized spacial score (nSPS) is 12.1. The van der Waals surface area contributed by atoms with Crippen LogP contribution in [-0.4, -0.2) is 19.9 Å². The Hall–Kier alpha value is -1.60. The number of aryl methyl sites for hydroxylation is 1. The molecule has 100 valence electrons. The largest absolute Gasteiger partial charge is 0.388 e. The van der Waals surface area contributed by atoms with Crippen molar-refractivity contribution in [3.63, 3.8) is 0 Å². The lowest BCUT2D eigenvalue weighted by atomic mass is 10.3. The van der Waals surface area contributed by atoms with E-state index in [2.05, 4.69) is 27.2 Å². The molecule has 0 aliphatic heterocycles. The van der Waals surface area contributed by atoms with Gasteiger partial charge < -0.3 is 11.1 Å². The maximum absolute atomic E-state index is 5.63. The van der Waals surface area contributed by atoms with Crippen LogP contribution in [0.4, 0.5) is 5.82 Å². The third-order valence-electron chi connectivity index (χ3n) is 2.58. The molecule has 0 radical (unpaired) electrons. The van der Waals surface area contributed by atoms with Crippen LogP contribution in [0.2, 0.25) is 0 Å². The van der Waals surface area contributed by atoms with E-state index in [9.17, 15) is 0 Å². The zero-order valence-electron chi connectivity index (χ0n) is 10.8. The van der Waals surface area contributed by atoms with Crippen molar-refractivity contribution in [1.29, 1.82) is 0 Å². The number of hydrogen-bond donors (Lipinski definition) is 2. The maximum Gasteiger partial charge on any atom is 0.155 e. The molecule has 0 aliphatic carbocycles. The summed E-state index contributed by atoms with van der Waals surface area (Å²) in [5, 5.41) is 4.26. The topological polar surface area (TPSA) is 76.7 Å². The highest BCUT2D eigenvalue weighted by atomic mass is 32.1. The van der Waals surface area contributed by atoms with Crippen LogP contribution in [-0.2, 0) is 6.42 Å². The predicted molar refractivity (Wildman–Crippen MR) is 81.4 cm³/mol. The Balaban J connectivity index is 2.19. The Labute approximate surface area is 121 Å². The average Bonchev–Trinajstić information content (AvgIpc) is 2.88. The molecule has 3 N–H and O–H groups in total. The van der Waals surface area contributed by atoms with Crippen LogP contribution in [0.5, 0.6) is 0 Å². The van der Waals surface area contributed by atoms with Crippen molar-refractivity contribution < 1.29 is 0 Å². The van der Waals surface area contributed by atoms with Crippen LogP contribution in [0.1, 0.15) is 35.5 Å². The average molecular weight is 293 g/mol. The molecule has 0 aromatic carbocycles. The Morgan fingerprint density at radius 3 is 2.79 bits per heavy atom. The lowest BCUT2D eigenvalue weighted by Crippen LogP contribution is -2.17. The number of nitrogens with zero attached hydrogens (tertiary/aromatic N) is 3. The Bertz CT molecular complexity index is 581. The number of rotatable bonds is 5. The van der Waals surface area contributed by atoms with E-state index in [1.54, 1.807) is 23.7 Å². The van der Waals surface area contributed by atoms with Gasteiger partial charge >= 0.3 is 0 Å². The van der Waals surface area contributed by atoms with Gasteiger partial charge in [-0.15, -0.1) is 11.3 Å². The van der Waals surface area contributed by atoms with Gasteiger partial charge in [0.25, 0.3) is 0 Å². The van der Waals surface area contributed by atoms with E-state index in [1.165, 1.54) is 4.88 Å². The van der Waals surface area contributed by atoms with E-state index in [1.807, 2.05) is 13.1 Å². The summed E-state index contributed by atoms with van der Waals surface area (Å²) in [5.74, 6) is 0.593. The molecule has 7 heteroatoms. The molecule has 0 amide bonds. The molecule has 1 unspecified atom stereocenters. The van der Waals surface area contributed by atoms with Crippen molar-refractivity contribution in [1.82, 2.24) is 15.0 Å². The number of anilines is 1. The third-order valence-corrected chi connectivity index (χ3v) is 4.09. The van der Waals surface area contributed by atoms with Gasteiger partial charge in [0, 0.05) is 23.5 Å². The molecule has 2 aromatic rings. The van der Waals surface area contributed by atoms with Crippen LogP contribution < -0.4 is 11.1 Å². The fourth-order valence-corrected chi connectivity index (χ4v) is 2.59. The number of aromatic nitrogens is 3. The van der Waals surface area contributed by atoms with Crippen molar-refractivity contribution >= 4 is 34.4 Å². The number of nitrogens with one attached hydrogen (secondary N) is 1. The predicted octanol–water partition coefficient (Wildman–Crippen LogP) is 2.30. The van der Waals surface area contributed by atoms with Crippen molar-refractivity contribution in [3.05, 3.63) is 34.2 Å². The zero-order valence-corrected chi connectivity index (χ0v) is 12.4. The molecule has 1 atom stereocenters. The fourth-order valence-electron chi connectivity index (χ4n) is 1.58. The van der Waals surface area contributed by atoms with Crippen molar-refractivity contribution in [3.8, 4) is 0 Å². The summed E-state index contributed by atoms with van der Waals surface area (Å²) in [6, 6.07) is 0.0371. The van der Waals surface area contributed by atoms with E-state index >= 15 is 0 Å². The summed E-state index contributed by atoms with van der Waals surface area (Å²) in [5.41, 5.74) is 6.14. The minimum atomic E-state index is 0.0371. The van der Waals surface area contributed by atoms with Gasteiger partial charge in [0.05, 0.1) is 6.04 Å². The van der Waals surface area contributed by atoms with Crippen LogP contribution in [0, 0.1) is 0 Å². The van der Waals surface area contributed by atoms with E-state index < -0.39 is 0 Å². The molecule has 2 aromatic heterocycles. The standard InChI is InChI=1S/C12H15N5S2/c1-3-8-6-16-12(19-8)7(2)17-11-9(10(13)18)14-4-5-15-11/h4-7H,3H2,1-2H3,(H2,13,18)(H,15,17). The van der Waals surface area contributed by atoms with Crippen molar-refractivity contribution in [2.24, 2.45) is 5.73 Å². The molecule has 5 nitrogen and oxygen atoms in total. The highest BCUT2D eigenvalue weighted by Crippen LogP contribution is 2.24. The maximum atomic E-state index is 5.63. The van der Waals surface area contributed by atoms with E-state index in [0.717, 1.165) is 11.4 Å². The van der Waals surface area contributed by atoms with Crippen LogP contribution in [0.3, 0.4) is 0 Å². The van der Waals surface area contributed by atoms with Gasteiger partial charge in [-0.05, 0) is 13.3 Å². The summed E-state index contributed by atoms with van der Waals surface area (Å²) in [6.07, 6.45) is 6.08. The molecular weight excluding hydrogens is 278 g/mol. The molecule has 2 heterocycles. The first-order valence-electron chi connectivity index (χ1n) is 5.93. The number of nitrogens with two attached hydrogens (primary N) is 1. The van der Waals surface area contributed by atoms with E-state index in [0.29, 0.717) is 11.5 Å². The van der Waals surface area contributed by atoms with Gasteiger partial charge in [0.2, 0.25) is 0 Å². The lowest BCUT2D eigenvalue weighted by molar-refractivity contribution is 0.856. The second-order valence-electron chi connectivity index (χ2n) is 4.00. The number of hydrogen-bond acceptors (Lipinski definition) is 6. The summed E-state index contributed by atoms with van der Waals surface area (Å²) in [4.78, 5) is 14.3. The summed E-state index contributed by atoms with van der Waals surface area (Å²) >= 11 is 6.65. The molecule has 0 fully saturated rings. The van der Waals surface area contributed by atoms with Gasteiger partial charge in [0.1, 0.15) is 15.7 Å². The number of thiocarbonyl (C=S) groups is 1. The van der Waals surface area contributed by atoms with Crippen molar-refractivity contribution in [2.45, 2.75) is 26.3 Å². The summed E-state index contributed by atoms with van der Waals surface area (Å²) in [7, 11) is 0. The fraction of sp³-hybridized carbons (Fsp3) is 0.333. The molecule has 0 spiro atoms. The first-order chi connectivity index (χ1) is 9.11. The van der Waals surface area contributed by atoms with Crippen molar-refractivity contribution in [2.75, 3.05) is 5.32 Å². The molecule has 0 aliphatic rings. The quantitative estimate of drug-likeness (QED) is 0.824. The first kappa shape index (κ1) is 13.8. The Kier molecular flexibility index (Phi) is 4.39. The summed E-state index contributed by atoms with van der Waals surface area (Å²) < 4.78 is 0. The smallest absolute Gasteiger partial charge is 0.155 e. The molecule has 0 bridgehead atoms. The second kappa shape index (κ2) is 6.03. The summed E-state index contributed by atoms with van der Waals surface area (Å²) in [6.45, 7) is 4.14. The Morgan fingerprint density at radius 2 is 2.16 bits per heavy atom.